The lowest BCUT2D eigenvalue weighted by molar-refractivity contribution is 0.281. The normalized spacial score (nSPS) is 14.6. The zero-order valence-corrected chi connectivity index (χ0v) is 18.9. The topological polar surface area (TPSA) is 47.4 Å². The first kappa shape index (κ1) is 20.2. The Morgan fingerprint density at radius 2 is 1.84 bits per heavy atom. The number of thiophene rings is 1. The van der Waals surface area contributed by atoms with E-state index >= 15 is 0 Å². The summed E-state index contributed by atoms with van der Waals surface area (Å²) in [7, 11) is 0. The van der Waals surface area contributed by atoms with Gasteiger partial charge in [0.15, 0.2) is 0 Å². The highest BCUT2D eigenvalue weighted by molar-refractivity contribution is 7.18. The number of hydrogen-bond acceptors (Lipinski definition) is 5. The molecule has 3 heterocycles. The Bertz CT molecular complexity index is 1300. The summed E-state index contributed by atoms with van der Waals surface area (Å²) in [5.41, 5.74) is 1.11. The highest BCUT2D eigenvalue weighted by Gasteiger charge is 2.20. The second-order valence-corrected chi connectivity index (χ2v) is 9.46. The minimum absolute atomic E-state index is 0.0579. The number of fused-ring (bicyclic) bond motifs is 2. The number of rotatable bonds is 6. The average Bonchev–Trinajstić information content (AvgIpc) is 3.38. The first-order chi connectivity index (χ1) is 15.1. The Labute approximate surface area is 185 Å². The summed E-state index contributed by atoms with van der Waals surface area (Å²) in [6, 6.07) is 14.3. The molecule has 5 rings (SSSR count). The van der Waals surface area contributed by atoms with Crippen LogP contribution >= 0.6 is 11.3 Å². The van der Waals surface area contributed by atoms with Gasteiger partial charge in [-0.2, -0.15) is 0 Å². The fourth-order valence-electron chi connectivity index (χ4n) is 4.43. The van der Waals surface area contributed by atoms with Crippen molar-refractivity contribution in [1.82, 2.24) is 14.5 Å². The molecule has 0 radical (unpaired) electrons. The van der Waals surface area contributed by atoms with Crippen LogP contribution in [0.3, 0.4) is 0 Å². The third-order valence-electron chi connectivity index (χ3n) is 6.25. The molecule has 1 aliphatic heterocycles. The third kappa shape index (κ3) is 3.86. The largest absolute Gasteiger partial charge is 0.491 e. The van der Waals surface area contributed by atoms with Crippen molar-refractivity contribution in [3.05, 3.63) is 69.1 Å². The quantitative estimate of drug-likeness (QED) is 0.434. The second-order valence-electron chi connectivity index (χ2n) is 8.26. The van der Waals surface area contributed by atoms with Gasteiger partial charge in [-0.3, -0.25) is 14.3 Å². The van der Waals surface area contributed by atoms with E-state index in [2.05, 4.69) is 30.0 Å². The van der Waals surface area contributed by atoms with Crippen molar-refractivity contribution >= 4 is 32.3 Å². The van der Waals surface area contributed by atoms with Crippen LogP contribution in [0.15, 0.2) is 47.3 Å². The lowest BCUT2D eigenvalue weighted by Gasteiger charge is -2.18. The minimum atomic E-state index is 0.0579. The van der Waals surface area contributed by atoms with Gasteiger partial charge in [0.1, 0.15) is 23.0 Å². The average molecular weight is 434 g/mol. The van der Waals surface area contributed by atoms with E-state index in [9.17, 15) is 4.79 Å². The molecule has 2 aromatic carbocycles. The molecule has 0 N–H and O–H groups in total. The zero-order chi connectivity index (χ0) is 21.4. The highest BCUT2D eigenvalue weighted by atomic mass is 32.1. The number of likely N-dealkylation sites (tertiary alicyclic amines) is 1. The summed E-state index contributed by atoms with van der Waals surface area (Å²) in [5.74, 6) is 1.70. The summed E-state index contributed by atoms with van der Waals surface area (Å²) in [6.07, 6.45) is 2.43. The van der Waals surface area contributed by atoms with Crippen molar-refractivity contribution in [3.8, 4) is 5.75 Å². The summed E-state index contributed by atoms with van der Waals surface area (Å²) < 4.78 is 7.99. The molecule has 0 bridgehead atoms. The highest BCUT2D eigenvalue weighted by Crippen LogP contribution is 2.27. The fourth-order valence-corrected chi connectivity index (χ4v) is 5.47. The van der Waals surface area contributed by atoms with Crippen LogP contribution in [-0.4, -0.2) is 34.1 Å². The molecule has 0 atom stereocenters. The molecule has 6 heteroatoms. The third-order valence-corrected chi connectivity index (χ3v) is 7.35. The Kier molecular flexibility index (Phi) is 5.50. The van der Waals surface area contributed by atoms with Gasteiger partial charge in [-0.15, -0.1) is 11.3 Å². The van der Waals surface area contributed by atoms with Gasteiger partial charge < -0.3 is 4.74 Å². The molecule has 0 aliphatic carbocycles. The Morgan fingerprint density at radius 3 is 2.68 bits per heavy atom. The maximum Gasteiger partial charge on any atom is 0.262 e. The molecule has 1 fully saturated rings. The molecule has 1 aliphatic rings. The first-order valence-corrected chi connectivity index (χ1v) is 11.8. The van der Waals surface area contributed by atoms with Crippen LogP contribution in [0, 0.1) is 13.8 Å². The number of ether oxygens (including phenoxy) is 1. The Morgan fingerprint density at radius 1 is 1.06 bits per heavy atom. The summed E-state index contributed by atoms with van der Waals surface area (Å²) in [6.45, 7) is 7.86. The van der Waals surface area contributed by atoms with Crippen LogP contribution < -0.4 is 10.3 Å². The van der Waals surface area contributed by atoms with Crippen LogP contribution in [0.5, 0.6) is 5.75 Å². The van der Waals surface area contributed by atoms with Gasteiger partial charge in [0.05, 0.1) is 18.5 Å². The Balaban J connectivity index is 1.46. The SMILES string of the molecule is Cc1sc2nc(CN3CCCC3)n(CCOc3cccc4ccccc34)c(=O)c2c1C. The van der Waals surface area contributed by atoms with Crippen LogP contribution in [0.2, 0.25) is 0 Å². The maximum atomic E-state index is 13.5. The second kappa shape index (κ2) is 8.44. The zero-order valence-electron chi connectivity index (χ0n) is 18.1. The molecule has 4 aromatic rings. The maximum absolute atomic E-state index is 13.5. The molecule has 0 spiro atoms. The van der Waals surface area contributed by atoms with Gasteiger partial charge in [0.25, 0.3) is 5.56 Å². The van der Waals surface area contributed by atoms with Gasteiger partial charge in [-0.05, 0) is 56.8 Å². The van der Waals surface area contributed by atoms with Crippen LogP contribution in [-0.2, 0) is 13.1 Å². The fraction of sp³-hybridized carbons (Fsp3) is 0.360. The lowest BCUT2D eigenvalue weighted by atomic mass is 10.1. The number of aromatic nitrogens is 2. The van der Waals surface area contributed by atoms with Crippen molar-refractivity contribution < 1.29 is 4.74 Å². The van der Waals surface area contributed by atoms with Crippen molar-refractivity contribution in [2.45, 2.75) is 39.8 Å². The minimum Gasteiger partial charge on any atom is -0.491 e. The number of hydrogen-bond donors (Lipinski definition) is 0. The van der Waals surface area contributed by atoms with E-state index in [-0.39, 0.29) is 5.56 Å². The summed E-state index contributed by atoms with van der Waals surface area (Å²) >= 11 is 1.62. The van der Waals surface area contributed by atoms with Crippen molar-refractivity contribution in [2.75, 3.05) is 19.7 Å². The van der Waals surface area contributed by atoms with E-state index in [1.165, 1.54) is 12.8 Å². The van der Waals surface area contributed by atoms with E-state index in [1.807, 2.05) is 35.8 Å². The monoisotopic (exact) mass is 433 g/mol. The smallest absolute Gasteiger partial charge is 0.262 e. The van der Waals surface area contributed by atoms with E-state index in [1.54, 1.807) is 11.3 Å². The van der Waals surface area contributed by atoms with Gasteiger partial charge >= 0.3 is 0 Å². The summed E-state index contributed by atoms with van der Waals surface area (Å²) in [5, 5.41) is 3.00. The summed E-state index contributed by atoms with van der Waals surface area (Å²) in [4.78, 5) is 22.8. The molecule has 5 nitrogen and oxygen atoms in total. The van der Waals surface area contributed by atoms with Gasteiger partial charge in [-0.25, -0.2) is 4.98 Å². The van der Waals surface area contributed by atoms with Crippen LogP contribution in [0.4, 0.5) is 0 Å². The Hall–Kier alpha value is -2.70. The number of nitrogens with zero attached hydrogens (tertiary/aromatic N) is 3. The van der Waals surface area contributed by atoms with E-state index in [4.69, 9.17) is 9.72 Å². The standard InChI is InChI=1S/C25H27N3O2S/c1-17-18(2)31-24-23(17)25(29)28(22(26-24)16-27-12-5-6-13-27)14-15-30-21-11-7-9-19-8-3-4-10-20(19)21/h3-4,7-11H,5-6,12-16H2,1-2H3. The molecular formula is C25H27N3O2S. The molecule has 160 valence electrons. The number of aryl methyl sites for hydroxylation is 2. The lowest BCUT2D eigenvalue weighted by Crippen LogP contribution is -2.31. The molecule has 31 heavy (non-hydrogen) atoms. The molecular weight excluding hydrogens is 406 g/mol. The predicted molar refractivity (Wildman–Crippen MR) is 127 cm³/mol. The number of benzene rings is 2. The van der Waals surface area contributed by atoms with Crippen molar-refractivity contribution in [1.29, 1.82) is 0 Å². The molecule has 0 saturated carbocycles. The van der Waals surface area contributed by atoms with Crippen LogP contribution in [0.25, 0.3) is 21.0 Å². The molecule has 0 unspecified atom stereocenters. The van der Waals surface area contributed by atoms with E-state index < -0.39 is 0 Å². The van der Waals surface area contributed by atoms with Gasteiger partial charge in [-0.1, -0.05) is 36.4 Å². The molecule has 2 aromatic heterocycles. The predicted octanol–water partition coefficient (Wildman–Crippen LogP) is 4.90. The molecule has 0 amide bonds. The van der Waals surface area contributed by atoms with Crippen LogP contribution in [0.1, 0.15) is 29.1 Å². The van der Waals surface area contributed by atoms with Gasteiger partial charge in [0, 0.05) is 10.3 Å². The van der Waals surface area contributed by atoms with Crippen molar-refractivity contribution in [3.63, 3.8) is 0 Å². The van der Waals surface area contributed by atoms with Gasteiger partial charge in [0.2, 0.25) is 0 Å². The van der Waals surface area contributed by atoms with E-state index in [0.717, 1.165) is 62.6 Å². The first-order valence-electron chi connectivity index (χ1n) is 10.9. The molecule has 1 saturated heterocycles. The van der Waals surface area contributed by atoms with Crippen molar-refractivity contribution in [2.24, 2.45) is 0 Å². The van der Waals surface area contributed by atoms with E-state index in [0.29, 0.717) is 13.2 Å².